The van der Waals surface area contributed by atoms with Crippen LogP contribution in [0.3, 0.4) is 0 Å². The highest BCUT2D eigenvalue weighted by molar-refractivity contribution is 5.11. The highest BCUT2D eigenvalue weighted by atomic mass is 15.4. The minimum Gasteiger partial charge on any atom is -0.313 e. The van der Waals surface area contributed by atoms with Crippen molar-refractivity contribution >= 4 is 0 Å². The lowest BCUT2D eigenvalue weighted by molar-refractivity contribution is 0.109. The summed E-state index contributed by atoms with van der Waals surface area (Å²) in [5.41, 5.74) is 0.988. The van der Waals surface area contributed by atoms with Gasteiger partial charge in [0, 0.05) is 18.8 Å². The molecule has 1 aromatic rings. The first kappa shape index (κ1) is 13.1. The van der Waals surface area contributed by atoms with Gasteiger partial charge in [-0.15, -0.1) is 5.10 Å². The Balaban J connectivity index is 1.52. The van der Waals surface area contributed by atoms with Crippen molar-refractivity contribution in [2.45, 2.75) is 59.0 Å². The van der Waals surface area contributed by atoms with E-state index in [-0.39, 0.29) is 0 Å². The van der Waals surface area contributed by atoms with E-state index in [0.29, 0.717) is 16.9 Å². The molecule has 2 aliphatic carbocycles. The number of fused-ring (bicyclic) bond motifs is 2. The highest BCUT2D eigenvalue weighted by Gasteiger charge is 2.58. The average Bonchev–Trinajstić information content (AvgIpc) is 3.01. The van der Waals surface area contributed by atoms with Crippen LogP contribution >= 0.6 is 0 Å². The Morgan fingerprint density at radius 1 is 1.37 bits per heavy atom. The molecule has 3 atom stereocenters. The third-order valence-corrected chi connectivity index (χ3v) is 5.65. The summed E-state index contributed by atoms with van der Waals surface area (Å²) >= 11 is 0. The molecule has 3 rings (SSSR count). The number of aromatic nitrogens is 3. The number of aryl methyl sites for hydroxylation is 1. The third kappa shape index (κ3) is 2.20. The summed E-state index contributed by atoms with van der Waals surface area (Å²) in [6.45, 7) is 9.43. The van der Waals surface area contributed by atoms with Crippen LogP contribution in [-0.2, 0) is 6.54 Å². The maximum Gasteiger partial charge on any atom is 0.0692 e. The van der Waals surface area contributed by atoms with Gasteiger partial charge in [-0.1, -0.05) is 26.0 Å². The van der Waals surface area contributed by atoms with E-state index in [0.717, 1.165) is 25.4 Å². The summed E-state index contributed by atoms with van der Waals surface area (Å²) in [4.78, 5) is 0. The normalized spacial score (nSPS) is 35.9. The second-order valence-corrected chi connectivity index (χ2v) is 7.32. The van der Waals surface area contributed by atoms with Crippen LogP contribution < -0.4 is 5.32 Å². The molecule has 4 heteroatoms. The quantitative estimate of drug-likeness (QED) is 0.829. The molecule has 0 saturated heterocycles. The molecule has 0 radical (unpaired) electrons. The Morgan fingerprint density at radius 3 is 2.84 bits per heavy atom. The van der Waals surface area contributed by atoms with E-state index in [1.807, 2.05) is 10.9 Å². The number of nitrogens with zero attached hydrogens (tertiary/aromatic N) is 3. The summed E-state index contributed by atoms with van der Waals surface area (Å²) in [5, 5.41) is 11.7. The van der Waals surface area contributed by atoms with Crippen LogP contribution in [0.4, 0.5) is 0 Å². The molecule has 2 fully saturated rings. The molecule has 0 spiro atoms. The molecular formula is C15H26N4. The van der Waals surface area contributed by atoms with Gasteiger partial charge in [0.1, 0.15) is 0 Å². The number of rotatable bonds is 5. The first-order chi connectivity index (χ1) is 9.02. The Morgan fingerprint density at radius 2 is 2.21 bits per heavy atom. The fourth-order valence-corrected chi connectivity index (χ4v) is 4.65. The van der Waals surface area contributed by atoms with Crippen LogP contribution in [0.1, 0.15) is 46.5 Å². The molecule has 1 heterocycles. The Bertz CT molecular complexity index is 421. The lowest BCUT2D eigenvalue weighted by Gasteiger charge is -2.43. The lowest BCUT2D eigenvalue weighted by atomic mass is 9.68. The minimum absolute atomic E-state index is 0.459. The maximum absolute atomic E-state index is 4.00. The van der Waals surface area contributed by atoms with Gasteiger partial charge in [0.2, 0.25) is 0 Å². The predicted octanol–water partition coefficient (Wildman–Crippen LogP) is 2.47. The summed E-state index contributed by atoms with van der Waals surface area (Å²) in [7, 11) is 0. The van der Waals surface area contributed by atoms with Gasteiger partial charge in [-0.3, -0.25) is 4.68 Å². The van der Waals surface area contributed by atoms with E-state index in [4.69, 9.17) is 0 Å². The van der Waals surface area contributed by atoms with Gasteiger partial charge < -0.3 is 5.32 Å². The molecule has 0 amide bonds. The molecule has 0 aromatic carbocycles. The predicted molar refractivity (Wildman–Crippen MR) is 75.7 cm³/mol. The van der Waals surface area contributed by atoms with Gasteiger partial charge in [-0.05, 0) is 49.0 Å². The molecule has 2 bridgehead atoms. The van der Waals surface area contributed by atoms with Crippen molar-refractivity contribution in [1.82, 2.24) is 20.3 Å². The Kier molecular flexibility index (Phi) is 3.16. The van der Waals surface area contributed by atoms with Crippen molar-refractivity contribution in [3.05, 3.63) is 12.4 Å². The van der Waals surface area contributed by atoms with E-state index in [2.05, 4.69) is 36.4 Å². The molecule has 1 unspecified atom stereocenters. The Hall–Kier alpha value is -0.900. The van der Waals surface area contributed by atoms with Crippen LogP contribution in [0, 0.1) is 16.7 Å². The topological polar surface area (TPSA) is 42.7 Å². The van der Waals surface area contributed by atoms with Gasteiger partial charge in [-0.2, -0.15) is 0 Å². The second kappa shape index (κ2) is 4.58. The van der Waals surface area contributed by atoms with E-state index >= 15 is 0 Å². The van der Waals surface area contributed by atoms with Crippen molar-refractivity contribution in [2.24, 2.45) is 16.7 Å². The summed E-state index contributed by atoms with van der Waals surface area (Å²) < 4.78 is 1.91. The largest absolute Gasteiger partial charge is 0.313 e. The Labute approximate surface area is 116 Å². The fraction of sp³-hybridized carbons (Fsp3) is 0.867. The highest BCUT2D eigenvalue weighted by Crippen LogP contribution is 2.62. The van der Waals surface area contributed by atoms with Crippen LogP contribution in [0.25, 0.3) is 0 Å². The van der Waals surface area contributed by atoms with E-state index in [1.54, 1.807) is 6.20 Å². The molecular weight excluding hydrogens is 236 g/mol. The van der Waals surface area contributed by atoms with Crippen molar-refractivity contribution in [3.63, 3.8) is 0 Å². The SMILES string of the molecule is CC1(C)C(NCCCn2ccnn2)[C@]2(C)CC[C@H]1C2. The molecule has 1 aromatic heterocycles. The van der Waals surface area contributed by atoms with E-state index < -0.39 is 0 Å². The van der Waals surface area contributed by atoms with E-state index in [9.17, 15) is 0 Å². The van der Waals surface area contributed by atoms with Crippen molar-refractivity contribution < 1.29 is 0 Å². The molecule has 0 aliphatic heterocycles. The number of hydrogen-bond acceptors (Lipinski definition) is 3. The smallest absolute Gasteiger partial charge is 0.0692 e. The molecule has 2 saturated carbocycles. The zero-order valence-corrected chi connectivity index (χ0v) is 12.4. The molecule has 19 heavy (non-hydrogen) atoms. The lowest BCUT2D eigenvalue weighted by Crippen LogP contribution is -2.50. The maximum atomic E-state index is 4.00. The molecule has 106 valence electrons. The number of nitrogens with one attached hydrogen (secondary N) is 1. The summed E-state index contributed by atoms with van der Waals surface area (Å²) in [6.07, 6.45) is 9.05. The molecule has 4 nitrogen and oxygen atoms in total. The summed E-state index contributed by atoms with van der Waals surface area (Å²) in [5.74, 6) is 0.922. The van der Waals surface area contributed by atoms with E-state index in [1.165, 1.54) is 19.3 Å². The zero-order chi connectivity index (χ0) is 13.5. The molecule has 2 aliphatic rings. The van der Waals surface area contributed by atoms with Crippen LogP contribution in [0.15, 0.2) is 12.4 Å². The van der Waals surface area contributed by atoms with Gasteiger partial charge in [-0.25, -0.2) is 0 Å². The number of hydrogen-bond donors (Lipinski definition) is 1. The van der Waals surface area contributed by atoms with Crippen molar-refractivity contribution in [1.29, 1.82) is 0 Å². The first-order valence-electron chi connectivity index (χ1n) is 7.60. The van der Waals surface area contributed by atoms with Crippen molar-refractivity contribution in [2.75, 3.05) is 6.54 Å². The second-order valence-electron chi connectivity index (χ2n) is 7.32. The standard InChI is InChI=1S/C15H26N4/c1-14(2)12-5-6-15(3,11-12)13(14)16-7-4-9-19-10-8-17-18-19/h8,10,12-13,16H,4-7,9,11H2,1-3H3/t12-,13?,15+/m0/s1. The third-order valence-electron chi connectivity index (χ3n) is 5.65. The average molecular weight is 262 g/mol. The minimum atomic E-state index is 0.459. The van der Waals surface area contributed by atoms with Crippen molar-refractivity contribution in [3.8, 4) is 0 Å². The zero-order valence-electron chi connectivity index (χ0n) is 12.4. The first-order valence-corrected chi connectivity index (χ1v) is 7.60. The van der Waals surface area contributed by atoms with Crippen LogP contribution in [0.2, 0.25) is 0 Å². The molecule has 1 N–H and O–H groups in total. The van der Waals surface area contributed by atoms with Crippen LogP contribution in [-0.4, -0.2) is 27.6 Å². The fourth-order valence-electron chi connectivity index (χ4n) is 4.65. The summed E-state index contributed by atoms with van der Waals surface area (Å²) in [6, 6.07) is 0.675. The van der Waals surface area contributed by atoms with Gasteiger partial charge in [0.25, 0.3) is 0 Å². The van der Waals surface area contributed by atoms with Gasteiger partial charge in [0.15, 0.2) is 0 Å². The van der Waals surface area contributed by atoms with Gasteiger partial charge in [0.05, 0.1) is 6.20 Å². The van der Waals surface area contributed by atoms with Crippen LogP contribution in [0.5, 0.6) is 0 Å². The van der Waals surface area contributed by atoms with Gasteiger partial charge >= 0.3 is 0 Å². The monoisotopic (exact) mass is 262 g/mol.